The first kappa shape index (κ1) is 21.9. The first-order valence-electron chi connectivity index (χ1n) is 9.48. The zero-order valence-electron chi connectivity index (χ0n) is 17.3. The van der Waals surface area contributed by atoms with Crippen molar-refractivity contribution in [3.8, 4) is 0 Å². The normalized spacial score (nSPS) is 11.1. The Hall–Kier alpha value is -2.40. The summed E-state index contributed by atoms with van der Waals surface area (Å²) in [6, 6.07) is 14.1. The zero-order valence-corrected chi connectivity index (χ0v) is 18.1. The predicted molar refractivity (Wildman–Crippen MR) is 116 cm³/mol. The Morgan fingerprint density at radius 3 is 2.25 bits per heavy atom. The maximum atomic E-state index is 13.2. The highest BCUT2D eigenvalue weighted by atomic mass is 32.1. The van der Waals surface area contributed by atoms with Crippen LogP contribution in [-0.4, -0.2) is 34.7 Å². The topological polar surface area (TPSA) is 40.6 Å². The van der Waals surface area contributed by atoms with Crippen molar-refractivity contribution in [2.75, 3.05) is 13.1 Å². The Balaban J connectivity index is 2.20. The van der Waals surface area contributed by atoms with Crippen LogP contribution >= 0.6 is 11.3 Å². The van der Waals surface area contributed by atoms with Gasteiger partial charge in [-0.05, 0) is 24.6 Å². The van der Waals surface area contributed by atoms with Gasteiger partial charge < -0.3 is 9.80 Å². The number of hydrogen-bond acceptors (Lipinski definition) is 3. The molecule has 0 aliphatic carbocycles. The Bertz CT molecular complexity index is 806. The first-order chi connectivity index (χ1) is 13.2. The molecule has 5 heteroatoms. The molecule has 0 aliphatic rings. The van der Waals surface area contributed by atoms with E-state index < -0.39 is 5.41 Å². The monoisotopic (exact) mass is 398 g/mol. The van der Waals surface area contributed by atoms with Gasteiger partial charge in [-0.25, -0.2) is 0 Å². The summed E-state index contributed by atoms with van der Waals surface area (Å²) < 4.78 is 0. The summed E-state index contributed by atoms with van der Waals surface area (Å²) in [6.45, 7) is 12.9. The van der Waals surface area contributed by atoms with Gasteiger partial charge in [0.25, 0.3) is 0 Å². The Labute approximate surface area is 172 Å². The molecule has 1 aromatic heterocycles. The molecule has 0 saturated heterocycles. The van der Waals surface area contributed by atoms with Gasteiger partial charge in [-0.1, -0.05) is 57.2 Å². The van der Waals surface area contributed by atoms with E-state index in [1.165, 1.54) is 4.88 Å². The van der Waals surface area contributed by atoms with Gasteiger partial charge >= 0.3 is 0 Å². The van der Waals surface area contributed by atoms with E-state index in [4.69, 9.17) is 0 Å². The standard InChI is InChI=1S/C23H30N2O2S/c1-6-14-24(22(27)23(3,4)5)17-21(26)25(15-19-10-8-7-9-11-19)16-20-13-12-18(2)28-20/h6-13H,1,14-17H2,2-5H3. The van der Waals surface area contributed by atoms with Crippen molar-refractivity contribution in [3.63, 3.8) is 0 Å². The average Bonchev–Trinajstić information content (AvgIpc) is 3.05. The van der Waals surface area contributed by atoms with Crippen LogP contribution < -0.4 is 0 Å². The third kappa shape index (κ3) is 6.34. The Kier molecular flexibility index (Phi) is 7.58. The van der Waals surface area contributed by atoms with Crippen molar-refractivity contribution in [2.24, 2.45) is 5.41 Å². The number of carbonyl (C=O) groups is 2. The van der Waals surface area contributed by atoms with E-state index in [1.54, 1.807) is 22.3 Å². The van der Waals surface area contributed by atoms with E-state index in [1.807, 2.05) is 56.0 Å². The van der Waals surface area contributed by atoms with Crippen LogP contribution in [-0.2, 0) is 22.7 Å². The van der Waals surface area contributed by atoms with Gasteiger partial charge in [0.15, 0.2) is 0 Å². The molecule has 150 valence electrons. The predicted octanol–water partition coefficient (Wildman–Crippen LogP) is 4.65. The number of thiophene rings is 1. The highest BCUT2D eigenvalue weighted by Crippen LogP contribution is 2.20. The highest BCUT2D eigenvalue weighted by Gasteiger charge is 2.29. The molecule has 1 aromatic carbocycles. The fraction of sp³-hybridized carbons (Fsp3) is 0.391. The summed E-state index contributed by atoms with van der Waals surface area (Å²) in [7, 11) is 0. The molecule has 0 N–H and O–H groups in total. The summed E-state index contributed by atoms with van der Waals surface area (Å²) in [6.07, 6.45) is 1.67. The quantitative estimate of drug-likeness (QED) is 0.608. The molecule has 4 nitrogen and oxygen atoms in total. The van der Waals surface area contributed by atoms with Crippen molar-refractivity contribution in [1.29, 1.82) is 0 Å². The van der Waals surface area contributed by atoms with Gasteiger partial charge in [-0.15, -0.1) is 17.9 Å². The molecule has 0 spiro atoms. The number of amides is 2. The second-order valence-corrected chi connectivity index (χ2v) is 9.34. The highest BCUT2D eigenvalue weighted by molar-refractivity contribution is 7.11. The molecule has 0 radical (unpaired) electrons. The fourth-order valence-corrected chi connectivity index (χ4v) is 3.81. The smallest absolute Gasteiger partial charge is 0.242 e. The lowest BCUT2D eigenvalue weighted by atomic mass is 9.94. The van der Waals surface area contributed by atoms with E-state index in [9.17, 15) is 9.59 Å². The van der Waals surface area contributed by atoms with E-state index in [0.29, 0.717) is 19.6 Å². The lowest BCUT2D eigenvalue weighted by Crippen LogP contribution is -2.46. The summed E-state index contributed by atoms with van der Waals surface area (Å²) in [5.41, 5.74) is 0.528. The summed E-state index contributed by atoms with van der Waals surface area (Å²) in [5.74, 6) is -0.110. The average molecular weight is 399 g/mol. The van der Waals surface area contributed by atoms with Gasteiger partial charge in [0.05, 0.1) is 6.54 Å². The molecular formula is C23H30N2O2S. The van der Waals surface area contributed by atoms with Gasteiger partial charge in [-0.2, -0.15) is 0 Å². The lowest BCUT2D eigenvalue weighted by molar-refractivity contribution is -0.145. The summed E-state index contributed by atoms with van der Waals surface area (Å²) in [5, 5.41) is 0. The minimum atomic E-state index is -0.543. The maximum absolute atomic E-state index is 13.2. The molecule has 0 unspecified atom stereocenters. The molecule has 0 saturated carbocycles. The molecule has 2 aromatic rings. The van der Waals surface area contributed by atoms with Gasteiger partial charge in [0.1, 0.15) is 6.54 Å². The molecular weight excluding hydrogens is 368 g/mol. The van der Waals surface area contributed by atoms with Crippen LogP contribution in [0.2, 0.25) is 0 Å². The van der Waals surface area contributed by atoms with Crippen molar-refractivity contribution in [2.45, 2.75) is 40.8 Å². The fourth-order valence-electron chi connectivity index (χ4n) is 2.91. The molecule has 0 fully saturated rings. The van der Waals surface area contributed by atoms with Gasteiger partial charge in [0.2, 0.25) is 11.8 Å². The lowest BCUT2D eigenvalue weighted by Gasteiger charge is -2.31. The first-order valence-corrected chi connectivity index (χ1v) is 10.3. The molecule has 2 rings (SSSR count). The number of hydrogen-bond donors (Lipinski definition) is 0. The van der Waals surface area contributed by atoms with Crippen molar-refractivity contribution < 1.29 is 9.59 Å². The summed E-state index contributed by atoms with van der Waals surface area (Å²) >= 11 is 1.69. The third-order valence-electron chi connectivity index (χ3n) is 4.32. The van der Waals surface area contributed by atoms with Gasteiger partial charge in [-0.3, -0.25) is 9.59 Å². The van der Waals surface area contributed by atoms with E-state index in [0.717, 1.165) is 10.4 Å². The minimum absolute atomic E-state index is 0.0487. The molecule has 0 atom stereocenters. The van der Waals surface area contributed by atoms with Crippen molar-refractivity contribution in [1.82, 2.24) is 9.80 Å². The SMILES string of the molecule is C=CCN(CC(=O)N(Cc1ccccc1)Cc1ccc(C)s1)C(=O)C(C)(C)C. The third-order valence-corrected chi connectivity index (χ3v) is 5.30. The van der Waals surface area contributed by atoms with Crippen LogP contribution in [0.25, 0.3) is 0 Å². The van der Waals surface area contributed by atoms with Crippen molar-refractivity contribution >= 4 is 23.2 Å². The number of aryl methyl sites for hydroxylation is 1. The van der Waals surface area contributed by atoms with Crippen LogP contribution in [0.3, 0.4) is 0 Å². The molecule has 1 heterocycles. The summed E-state index contributed by atoms with van der Waals surface area (Å²) in [4.78, 5) is 31.7. The molecule has 0 aliphatic heterocycles. The second-order valence-electron chi connectivity index (χ2n) is 7.97. The number of rotatable bonds is 8. The van der Waals surface area contributed by atoms with Crippen LogP contribution in [0, 0.1) is 12.3 Å². The van der Waals surface area contributed by atoms with Crippen LogP contribution in [0.15, 0.2) is 55.1 Å². The van der Waals surface area contributed by atoms with E-state index in [2.05, 4.69) is 25.6 Å². The van der Waals surface area contributed by atoms with E-state index in [-0.39, 0.29) is 18.4 Å². The number of carbonyl (C=O) groups excluding carboxylic acids is 2. The van der Waals surface area contributed by atoms with Crippen LogP contribution in [0.5, 0.6) is 0 Å². The minimum Gasteiger partial charge on any atom is -0.332 e. The Morgan fingerprint density at radius 2 is 1.71 bits per heavy atom. The molecule has 2 amide bonds. The Morgan fingerprint density at radius 1 is 1.04 bits per heavy atom. The van der Waals surface area contributed by atoms with Crippen molar-refractivity contribution in [3.05, 3.63) is 70.4 Å². The maximum Gasteiger partial charge on any atom is 0.242 e. The largest absolute Gasteiger partial charge is 0.332 e. The zero-order chi connectivity index (χ0) is 20.7. The number of benzene rings is 1. The van der Waals surface area contributed by atoms with Crippen LogP contribution in [0.1, 0.15) is 36.1 Å². The molecule has 0 bridgehead atoms. The molecule has 28 heavy (non-hydrogen) atoms. The number of nitrogens with zero attached hydrogens (tertiary/aromatic N) is 2. The van der Waals surface area contributed by atoms with E-state index >= 15 is 0 Å². The van der Waals surface area contributed by atoms with Gasteiger partial charge in [0, 0.05) is 28.3 Å². The van der Waals surface area contributed by atoms with Crippen LogP contribution in [0.4, 0.5) is 0 Å². The second kappa shape index (κ2) is 9.69.